The molecule has 3 nitrogen and oxygen atoms in total. The van der Waals surface area contributed by atoms with E-state index >= 15 is 0 Å². The Morgan fingerprint density at radius 3 is 2.19 bits per heavy atom. The first-order valence-electron chi connectivity index (χ1n) is 8.77. The number of anilines is 1. The molecule has 0 radical (unpaired) electrons. The molecular weight excluding hydrogens is 354 g/mol. The summed E-state index contributed by atoms with van der Waals surface area (Å²) in [5, 5.41) is 2.86. The second-order valence-electron chi connectivity index (χ2n) is 6.31. The van der Waals surface area contributed by atoms with Crippen LogP contribution in [0.4, 0.5) is 5.69 Å². The predicted molar refractivity (Wildman–Crippen MR) is 111 cm³/mol. The normalized spacial score (nSPS) is 10.4. The van der Waals surface area contributed by atoms with Crippen LogP contribution >= 0.6 is 11.8 Å². The molecule has 0 aliphatic carbocycles. The number of amides is 1. The second kappa shape index (κ2) is 9.19. The van der Waals surface area contributed by atoms with E-state index in [1.165, 1.54) is 17.3 Å². The first kappa shape index (κ1) is 18.9. The van der Waals surface area contributed by atoms with E-state index in [4.69, 9.17) is 0 Å². The number of Topliss-reactive ketones (excluding diaryl/α,β-unsaturated/α-hetero) is 1. The summed E-state index contributed by atoms with van der Waals surface area (Å²) in [7, 11) is 0. The standard InChI is InChI=1S/C23H21NO2S/c1-17-7-13-21(14-8-17)27-16-22(25)19-9-11-20(12-10-19)24-23(26)15-18-5-3-2-4-6-18/h2-14H,15-16H2,1H3,(H,24,26). The van der Waals surface area contributed by atoms with Crippen molar-refractivity contribution in [1.82, 2.24) is 0 Å². The number of benzene rings is 3. The fraction of sp³-hybridized carbons (Fsp3) is 0.130. The number of hydrogen-bond acceptors (Lipinski definition) is 3. The van der Waals surface area contributed by atoms with Crippen molar-refractivity contribution < 1.29 is 9.59 Å². The highest BCUT2D eigenvalue weighted by Crippen LogP contribution is 2.20. The number of nitrogens with one attached hydrogen (secondary N) is 1. The van der Waals surface area contributed by atoms with Crippen molar-refractivity contribution in [2.45, 2.75) is 18.2 Å². The molecule has 0 aliphatic rings. The average molecular weight is 375 g/mol. The predicted octanol–water partition coefficient (Wildman–Crippen LogP) is 5.15. The van der Waals surface area contributed by atoms with Gasteiger partial charge in [-0.15, -0.1) is 11.8 Å². The van der Waals surface area contributed by atoms with Gasteiger partial charge in [-0.1, -0.05) is 48.0 Å². The van der Waals surface area contributed by atoms with Crippen LogP contribution in [0, 0.1) is 6.92 Å². The molecule has 0 fully saturated rings. The van der Waals surface area contributed by atoms with Crippen LogP contribution in [0.2, 0.25) is 0 Å². The first-order chi connectivity index (χ1) is 13.1. The summed E-state index contributed by atoms with van der Waals surface area (Å²) in [6.07, 6.45) is 0.328. The van der Waals surface area contributed by atoms with E-state index in [-0.39, 0.29) is 11.7 Å². The van der Waals surface area contributed by atoms with Crippen molar-refractivity contribution in [1.29, 1.82) is 0 Å². The first-order valence-corrected chi connectivity index (χ1v) is 9.75. The lowest BCUT2D eigenvalue weighted by Gasteiger charge is -2.07. The van der Waals surface area contributed by atoms with Crippen LogP contribution in [0.15, 0.2) is 83.8 Å². The lowest BCUT2D eigenvalue weighted by atomic mass is 10.1. The zero-order chi connectivity index (χ0) is 19.1. The van der Waals surface area contributed by atoms with Crippen molar-refractivity contribution in [3.63, 3.8) is 0 Å². The largest absolute Gasteiger partial charge is 0.326 e. The van der Waals surface area contributed by atoms with Gasteiger partial charge in [0.05, 0.1) is 12.2 Å². The molecule has 3 aromatic carbocycles. The van der Waals surface area contributed by atoms with Crippen LogP contribution in [-0.2, 0) is 11.2 Å². The van der Waals surface area contributed by atoms with Crippen LogP contribution in [0.1, 0.15) is 21.5 Å². The van der Waals surface area contributed by atoms with Gasteiger partial charge in [0.25, 0.3) is 0 Å². The summed E-state index contributed by atoms with van der Waals surface area (Å²) in [5.41, 5.74) is 3.51. The van der Waals surface area contributed by atoms with E-state index in [0.29, 0.717) is 23.4 Å². The number of ketones is 1. The smallest absolute Gasteiger partial charge is 0.228 e. The molecule has 136 valence electrons. The molecule has 4 heteroatoms. The molecule has 0 spiro atoms. The van der Waals surface area contributed by atoms with Crippen molar-refractivity contribution in [2.75, 3.05) is 11.1 Å². The van der Waals surface area contributed by atoms with Gasteiger partial charge in [-0.3, -0.25) is 9.59 Å². The molecule has 0 bridgehead atoms. The van der Waals surface area contributed by atoms with E-state index < -0.39 is 0 Å². The SMILES string of the molecule is Cc1ccc(SCC(=O)c2ccc(NC(=O)Cc3ccccc3)cc2)cc1. The third-order valence-corrected chi connectivity index (χ3v) is 5.10. The van der Waals surface area contributed by atoms with Gasteiger partial charge in [-0.25, -0.2) is 0 Å². The molecule has 0 saturated heterocycles. The minimum absolute atomic E-state index is 0.0720. The molecular formula is C23H21NO2S. The van der Waals surface area contributed by atoms with Gasteiger partial charge < -0.3 is 5.32 Å². The Labute approximate surface area is 163 Å². The molecule has 0 heterocycles. The number of carbonyl (C=O) groups excluding carboxylic acids is 2. The van der Waals surface area contributed by atoms with Gasteiger partial charge in [-0.2, -0.15) is 0 Å². The maximum absolute atomic E-state index is 12.4. The summed E-state index contributed by atoms with van der Waals surface area (Å²) >= 11 is 1.53. The molecule has 0 aliphatic heterocycles. The highest BCUT2D eigenvalue weighted by atomic mass is 32.2. The van der Waals surface area contributed by atoms with Crippen LogP contribution in [0.3, 0.4) is 0 Å². The minimum Gasteiger partial charge on any atom is -0.326 e. The Balaban J connectivity index is 1.52. The maximum Gasteiger partial charge on any atom is 0.228 e. The number of thioether (sulfide) groups is 1. The molecule has 0 aromatic heterocycles. The fourth-order valence-electron chi connectivity index (χ4n) is 2.59. The zero-order valence-corrected chi connectivity index (χ0v) is 16.0. The molecule has 27 heavy (non-hydrogen) atoms. The van der Waals surface area contributed by atoms with Crippen molar-refractivity contribution in [3.8, 4) is 0 Å². The van der Waals surface area contributed by atoms with E-state index in [2.05, 4.69) is 5.32 Å². The second-order valence-corrected chi connectivity index (χ2v) is 7.36. The molecule has 1 amide bonds. The van der Waals surface area contributed by atoms with Gasteiger partial charge >= 0.3 is 0 Å². The van der Waals surface area contributed by atoms with Crippen LogP contribution in [0.25, 0.3) is 0 Å². The molecule has 0 unspecified atom stereocenters. The van der Waals surface area contributed by atoms with Crippen LogP contribution < -0.4 is 5.32 Å². The van der Waals surface area contributed by atoms with Crippen LogP contribution in [-0.4, -0.2) is 17.4 Å². The summed E-state index contributed by atoms with van der Waals surface area (Å²) in [6.45, 7) is 2.04. The summed E-state index contributed by atoms with van der Waals surface area (Å²) < 4.78 is 0. The lowest BCUT2D eigenvalue weighted by molar-refractivity contribution is -0.115. The number of carbonyl (C=O) groups is 2. The monoisotopic (exact) mass is 375 g/mol. The van der Waals surface area contributed by atoms with Gasteiger partial charge in [0, 0.05) is 16.1 Å². The summed E-state index contributed by atoms with van der Waals surface area (Å²) in [6, 6.07) is 24.8. The molecule has 3 aromatic rings. The Bertz CT molecular complexity index is 903. The number of rotatable bonds is 7. The lowest BCUT2D eigenvalue weighted by Crippen LogP contribution is -2.14. The third-order valence-electron chi connectivity index (χ3n) is 4.09. The Hall–Kier alpha value is -2.85. The van der Waals surface area contributed by atoms with Gasteiger partial charge in [-0.05, 0) is 48.9 Å². The Kier molecular flexibility index (Phi) is 6.44. The molecule has 0 saturated carbocycles. The minimum atomic E-state index is -0.0739. The molecule has 1 N–H and O–H groups in total. The van der Waals surface area contributed by atoms with Gasteiger partial charge in [0.15, 0.2) is 5.78 Å². The highest BCUT2D eigenvalue weighted by molar-refractivity contribution is 8.00. The maximum atomic E-state index is 12.4. The van der Waals surface area contributed by atoms with E-state index in [1.807, 2.05) is 61.5 Å². The van der Waals surface area contributed by atoms with E-state index in [1.54, 1.807) is 24.3 Å². The molecule has 3 rings (SSSR count). The van der Waals surface area contributed by atoms with Crippen molar-refractivity contribution >= 4 is 29.1 Å². The Morgan fingerprint density at radius 1 is 0.852 bits per heavy atom. The van der Waals surface area contributed by atoms with Crippen molar-refractivity contribution in [2.24, 2.45) is 0 Å². The number of hydrogen-bond donors (Lipinski definition) is 1. The fourth-order valence-corrected chi connectivity index (χ4v) is 3.39. The molecule has 0 atom stereocenters. The van der Waals surface area contributed by atoms with E-state index in [0.717, 1.165) is 10.5 Å². The zero-order valence-electron chi connectivity index (χ0n) is 15.1. The number of aryl methyl sites for hydroxylation is 1. The van der Waals surface area contributed by atoms with E-state index in [9.17, 15) is 9.59 Å². The van der Waals surface area contributed by atoms with Gasteiger partial charge in [0.1, 0.15) is 0 Å². The summed E-state index contributed by atoms with van der Waals surface area (Å²) in [4.78, 5) is 25.5. The highest BCUT2D eigenvalue weighted by Gasteiger charge is 2.08. The quantitative estimate of drug-likeness (QED) is 0.459. The van der Waals surface area contributed by atoms with Gasteiger partial charge in [0.2, 0.25) is 5.91 Å². The summed E-state index contributed by atoms with van der Waals surface area (Å²) in [5.74, 6) is 0.390. The van der Waals surface area contributed by atoms with Crippen LogP contribution in [0.5, 0.6) is 0 Å². The third kappa shape index (κ3) is 5.83. The average Bonchev–Trinajstić information content (AvgIpc) is 2.68. The Morgan fingerprint density at radius 2 is 1.52 bits per heavy atom. The van der Waals surface area contributed by atoms with Crippen molar-refractivity contribution in [3.05, 3.63) is 95.6 Å². The topological polar surface area (TPSA) is 46.2 Å².